The smallest absolute Gasteiger partial charge is 0.129 e. The van der Waals surface area contributed by atoms with E-state index in [9.17, 15) is 0 Å². The van der Waals surface area contributed by atoms with Crippen molar-refractivity contribution in [1.82, 2.24) is 10.3 Å². The van der Waals surface area contributed by atoms with Crippen molar-refractivity contribution in [2.24, 2.45) is 0 Å². The fourth-order valence-corrected chi connectivity index (χ4v) is 3.50. The molecule has 3 rings (SSSR count). The minimum Gasteiger partial charge on any atom is -0.355 e. The number of hydrogen-bond acceptors (Lipinski definition) is 4. The highest BCUT2D eigenvalue weighted by molar-refractivity contribution is 7.99. The molecule has 4 heteroatoms. The molecule has 2 heterocycles. The zero-order chi connectivity index (χ0) is 13.8. The molecule has 1 N–H and O–H groups in total. The summed E-state index contributed by atoms with van der Waals surface area (Å²) in [6.45, 7) is 6.26. The van der Waals surface area contributed by atoms with E-state index in [2.05, 4.69) is 47.5 Å². The summed E-state index contributed by atoms with van der Waals surface area (Å²) in [7, 11) is 0. The average molecular weight is 287 g/mol. The first-order valence-electron chi connectivity index (χ1n) is 7.30. The first kappa shape index (κ1) is 13.7. The van der Waals surface area contributed by atoms with Gasteiger partial charge in [0.15, 0.2) is 0 Å². The first-order chi connectivity index (χ1) is 9.88. The maximum absolute atomic E-state index is 4.86. The largest absolute Gasteiger partial charge is 0.355 e. The summed E-state index contributed by atoms with van der Waals surface area (Å²) in [5.74, 6) is 3.55. The predicted molar refractivity (Wildman–Crippen MR) is 88.7 cm³/mol. The van der Waals surface area contributed by atoms with Gasteiger partial charge in [0.05, 0.1) is 5.52 Å². The normalized spacial score (nSPS) is 15.8. The lowest BCUT2D eigenvalue weighted by molar-refractivity contribution is 0.729. The molecule has 0 bridgehead atoms. The molecule has 0 radical (unpaired) electrons. The fourth-order valence-electron chi connectivity index (χ4n) is 2.59. The topological polar surface area (TPSA) is 28.2 Å². The second-order valence-corrected chi connectivity index (χ2v) is 6.26. The van der Waals surface area contributed by atoms with Crippen LogP contribution in [0.15, 0.2) is 30.3 Å². The number of pyridine rings is 1. The summed E-state index contributed by atoms with van der Waals surface area (Å²) in [6, 6.07) is 10.7. The molecule has 1 aromatic heterocycles. The fraction of sp³-hybridized carbons (Fsp3) is 0.438. The third kappa shape index (κ3) is 2.91. The summed E-state index contributed by atoms with van der Waals surface area (Å²) < 4.78 is 0. The van der Waals surface area contributed by atoms with Gasteiger partial charge in [0.2, 0.25) is 0 Å². The van der Waals surface area contributed by atoms with Gasteiger partial charge in [-0.3, -0.25) is 0 Å². The number of rotatable bonds is 4. The number of aromatic nitrogens is 1. The Labute approximate surface area is 124 Å². The highest BCUT2D eigenvalue weighted by Gasteiger charge is 2.14. The average Bonchev–Trinajstić information content (AvgIpc) is 2.53. The first-order valence-corrected chi connectivity index (χ1v) is 8.46. The Morgan fingerprint density at radius 2 is 2.05 bits per heavy atom. The van der Waals surface area contributed by atoms with Crippen molar-refractivity contribution in [1.29, 1.82) is 0 Å². The van der Waals surface area contributed by atoms with Crippen molar-refractivity contribution >= 4 is 28.5 Å². The van der Waals surface area contributed by atoms with Crippen molar-refractivity contribution in [3.05, 3.63) is 35.9 Å². The zero-order valence-corrected chi connectivity index (χ0v) is 12.7. The standard InChI is InChI=1S/C16H21N3S/c1-2-17-12-13-11-16(19-7-9-20-10-8-19)18-15-6-4-3-5-14(13)15/h3-6,11,17H,2,7-10,12H2,1H3. The van der Waals surface area contributed by atoms with Gasteiger partial charge >= 0.3 is 0 Å². The lowest BCUT2D eigenvalue weighted by atomic mass is 10.1. The number of nitrogens with zero attached hydrogens (tertiary/aromatic N) is 2. The number of fused-ring (bicyclic) bond motifs is 1. The van der Waals surface area contributed by atoms with Gasteiger partial charge in [0, 0.05) is 36.5 Å². The zero-order valence-electron chi connectivity index (χ0n) is 11.9. The molecule has 1 fully saturated rings. The molecule has 0 amide bonds. The van der Waals surface area contributed by atoms with Gasteiger partial charge in [-0.25, -0.2) is 4.98 Å². The van der Waals surface area contributed by atoms with Crippen molar-refractivity contribution in [2.45, 2.75) is 13.5 Å². The van der Waals surface area contributed by atoms with E-state index < -0.39 is 0 Å². The number of hydrogen-bond donors (Lipinski definition) is 1. The Balaban J connectivity index is 1.99. The van der Waals surface area contributed by atoms with Gasteiger partial charge in [0.1, 0.15) is 5.82 Å². The SMILES string of the molecule is CCNCc1cc(N2CCSCC2)nc2ccccc12. The molecule has 2 aromatic rings. The highest BCUT2D eigenvalue weighted by atomic mass is 32.2. The van der Waals surface area contributed by atoms with Crippen LogP contribution in [0.25, 0.3) is 10.9 Å². The van der Waals surface area contributed by atoms with Crippen LogP contribution >= 0.6 is 11.8 Å². The molecular weight excluding hydrogens is 266 g/mol. The lowest BCUT2D eigenvalue weighted by Crippen LogP contribution is -2.33. The van der Waals surface area contributed by atoms with Crippen LogP contribution in [0.1, 0.15) is 12.5 Å². The van der Waals surface area contributed by atoms with E-state index in [1.807, 2.05) is 11.8 Å². The number of benzene rings is 1. The highest BCUT2D eigenvalue weighted by Crippen LogP contribution is 2.24. The van der Waals surface area contributed by atoms with Gasteiger partial charge in [0.25, 0.3) is 0 Å². The molecular formula is C16H21N3S. The maximum Gasteiger partial charge on any atom is 0.129 e. The third-order valence-corrected chi connectivity index (χ3v) is 4.63. The summed E-state index contributed by atoms with van der Waals surface area (Å²) in [5.41, 5.74) is 2.46. The van der Waals surface area contributed by atoms with E-state index in [-0.39, 0.29) is 0 Å². The summed E-state index contributed by atoms with van der Waals surface area (Å²) in [6.07, 6.45) is 0. The molecule has 0 aliphatic carbocycles. The Hall–Kier alpha value is -1.26. The quantitative estimate of drug-likeness (QED) is 0.936. The molecule has 0 unspecified atom stereocenters. The van der Waals surface area contributed by atoms with Gasteiger partial charge in [-0.15, -0.1) is 0 Å². The van der Waals surface area contributed by atoms with E-state index in [0.717, 1.165) is 37.5 Å². The van der Waals surface area contributed by atoms with Crippen LogP contribution < -0.4 is 10.2 Å². The summed E-state index contributed by atoms with van der Waals surface area (Å²) >= 11 is 2.03. The number of para-hydroxylation sites is 1. The van der Waals surface area contributed by atoms with E-state index in [1.165, 1.54) is 22.5 Å². The molecule has 106 valence electrons. The minimum atomic E-state index is 0.912. The van der Waals surface area contributed by atoms with Gasteiger partial charge < -0.3 is 10.2 Å². The van der Waals surface area contributed by atoms with Crippen LogP contribution in [-0.4, -0.2) is 36.1 Å². The minimum absolute atomic E-state index is 0.912. The molecule has 0 spiro atoms. The number of nitrogens with one attached hydrogen (secondary N) is 1. The number of thioether (sulfide) groups is 1. The van der Waals surface area contributed by atoms with Crippen molar-refractivity contribution in [3.63, 3.8) is 0 Å². The molecule has 0 saturated carbocycles. The molecule has 1 aliphatic rings. The molecule has 1 aliphatic heterocycles. The Bertz CT molecular complexity index is 579. The summed E-state index contributed by atoms with van der Waals surface area (Å²) in [5, 5.41) is 4.70. The van der Waals surface area contributed by atoms with E-state index in [4.69, 9.17) is 4.98 Å². The van der Waals surface area contributed by atoms with Crippen LogP contribution in [0.2, 0.25) is 0 Å². The second kappa shape index (κ2) is 6.46. The van der Waals surface area contributed by atoms with Crippen LogP contribution in [0.4, 0.5) is 5.82 Å². The van der Waals surface area contributed by atoms with E-state index >= 15 is 0 Å². The Morgan fingerprint density at radius 3 is 2.85 bits per heavy atom. The molecule has 0 atom stereocenters. The lowest BCUT2D eigenvalue weighted by Gasteiger charge is -2.28. The van der Waals surface area contributed by atoms with E-state index in [1.54, 1.807) is 0 Å². The van der Waals surface area contributed by atoms with Crippen molar-refractivity contribution in [2.75, 3.05) is 36.0 Å². The second-order valence-electron chi connectivity index (χ2n) is 5.04. The van der Waals surface area contributed by atoms with Crippen LogP contribution in [-0.2, 0) is 6.54 Å². The Kier molecular flexibility index (Phi) is 4.43. The van der Waals surface area contributed by atoms with Gasteiger partial charge in [-0.05, 0) is 24.2 Å². The summed E-state index contributed by atoms with van der Waals surface area (Å²) in [4.78, 5) is 7.27. The van der Waals surface area contributed by atoms with Crippen LogP contribution in [0, 0.1) is 0 Å². The van der Waals surface area contributed by atoms with Crippen molar-refractivity contribution in [3.8, 4) is 0 Å². The van der Waals surface area contributed by atoms with Gasteiger partial charge in [-0.2, -0.15) is 11.8 Å². The van der Waals surface area contributed by atoms with Crippen molar-refractivity contribution < 1.29 is 0 Å². The maximum atomic E-state index is 4.86. The monoisotopic (exact) mass is 287 g/mol. The van der Waals surface area contributed by atoms with Crippen LogP contribution in [0.3, 0.4) is 0 Å². The van der Waals surface area contributed by atoms with Gasteiger partial charge in [-0.1, -0.05) is 25.1 Å². The molecule has 1 aromatic carbocycles. The Morgan fingerprint density at radius 1 is 1.25 bits per heavy atom. The third-order valence-electron chi connectivity index (χ3n) is 3.69. The van der Waals surface area contributed by atoms with E-state index in [0.29, 0.717) is 0 Å². The number of anilines is 1. The molecule has 20 heavy (non-hydrogen) atoms. The molecule has 3 nitrogen and oxygen atoms in total. The van der Waals surface area contributed by atoms with Crippen LogP contribution in [0.5, 0.6) is 0 Å². The molecule has 1 saturated heterocycles. The predicted octanol–water partition coefficient (Wildman–Crippen LogP) is 2.90.